The minimum absolute atomic E-state index is 1.07. The van der Waals surface area contributed by atoms with E-state index in [1.165, 1.54) is 21.7 Å². The van der Waals surface area contributed by atoms with Crippen LogP contribution in [0.25, 0.3) is 55.0 Å². The molecule has 150 valence electrons. The summed E-state index contributed by atoms with van der Waals surface area (Å²) in [4.78, 5) is 13.2. The molecule has 0 bridgehead atoms. The quantitative estimate of drug-likeness (QED) is 0.347. The monoisotopic (exact) mass is 411 g/mol. The first kappa shape index (κ1) is 17.2. The standard InChI is InChI=1S/C27H17N5/c1-2-7-24-20(6-1)23-15-28-13-10-25(23)31(24)18-4-3-5-19(14-18)32-26-16-29-11-8-21(26)22-9-12-30-17-27(22)32/h1-17H. The predicted octanol–water partition coefficient (Wildman–Crippen LogP) is 6.07. The van der Waals surface area contributed by atoms with Crippen LogP contribution in [0.5, 0.6) is 0 Å². The first-order chi connectivity index (χ1) is 15.9. The van der Waals surface area contributed by atoms with E-state index in [1.54, 1.807) is 0 Å². The van der Waals surface area contributed by atoms with Crippen LogP contribution in [0.2, 0.25) is 0 Å². The van der Waals surface area contributed by atoms with Crippen LogP contribution in [0.15, 0.2) is 104 Å². The average molecular weight is 411 g/mol. The van der Waals surface area contributed by atoms with Crippen molar-refractivity contribution in [2.75, 3.05) is 0 Å². The Morgan fingerprint density at radius 1 is 0.438 bits per heavy atom. The van der Waals surface area contributed by atoms with E-state index >= 15 is 0 Å². The molecule has 5 nitrogen and oxygen atoms in total. The van der Waals surface area contributed by atoms with Crippen molar-refractivity contribution < 1.29 is 0 Å². The lowest BCUT2D eigenvalue weighted by Crippen LogP contribution is -1.98. The summed E-state index contributed by atoms with van der Waals surface area (Å²) < 4.78 is 4.55. The van der Waals surface area contributed by atoms with Gasteiger partial charge in [-0.3, -0.25) is 15.0 Å². The Morgan fingerprint density at radius 3 is 1.75 bits per heavy atom. The number of fused-ring (bicyclic) bond motifs is 6. The van der Waals surface area contributed by atoms with Gasteiger partial charge in [-0.05, 0) is 42.5 Å². The fraction of sp³-hybridized carbons (Fsp3) is 0. The van der Waals surface area contributed by atoms with Gasteiger partial charge in [0.1, 0.15) is 0 Å². The second kappa shape index (κ2) is 6.49. The largest absolute Gasteiger partial charge is 0.309 e. The summed E-state index contributed by atoms with van der Waals surface area (Å²) in [5, 5.41) is 4.70. The molecule has 5 heteroatoms. The van der Waals surface area contributed by atoms with E-state index in [1.807, 2.05) is 37.2 Å². The molecule has 5 heterocycles. The highest BCUT2D eigenvalue weighted by atomic mass is 15.0. The molecule has 0 amide bonds. The molecule has 7 rings (SSSR count). The number of hydrogen-bond donors (Lipinski definition) is 0. The highest BCUT2D eigenvalue weighted by Crippen LogP contribution is 2.34. The molecule has 32 heavy (non-hydrogen) atoms. The molecular weight excluding hydrogens is 394 g/mol. The molecule has 0 saturated carbocycles. The van der Waals surface area contributed by atoms with Crippen molar-refractivity contribution in [2.45, 2.75) is 0 Å². The topological polar surface area (TPSA) is 48.5 Å². The first-order valence-corrected chi connectivity index (χ1v) is 10.5. The van der Waals surface area contributed by atoms with Crippen LogP contribution in [-0.2, 0) is 0 Å². The summed E-state index contributed by atoms with van der Waals surface area (Å²) in [6.07, 6.45) is 11.3. The van der Waals surface area contributed by atoms with Gasteiger partial charge in [0.2, 0.25) is 0 Å². The van der Waals surface area contributed by atoms with Gasteiger partial charge >= 0.3 is 0 Å². The number of aromatic nitrogens is 5. The van der Waals surface area contributed by atoms with E-state index in [4.69, 9.17) is 0 Å². The van der Waals surface area contributed by atoms with Crippen molar-refractivity contribution in [1.29, 1.82) is 0 Å². The second-order valence-corrected chi connectivity index (χ2v) is 7.89. The number of pyridine rings is 3. The van der Waals surface area contributed by atoms with Crippen molar-refractivity contribution in [2.24, 2.45) is 0 Å². The second-order valence-electron chi connectivity index (χ2n) is 7.89. The maximum Gasteiger partial charge on any atom is 0.0725 e. The van der Waals surface area contributed by atoms with E-state index in [0.29, 0.717) is 0 Å². The zero-order valence-corrected chi connectivity index (χ0v) is 17.1. The smallest absolute Gasteiger partial charge is 0.0725 e. The highest BCUT2D eigenvalue weighted by molar-refractivity contribution is 6.10. The third-order valence-electron chi connectivity index (χ3n) is 6.19. The van der Waals surface area contributed by atoms with Crippen molar-refractivity contribution in [3.05, 3.63) is 104 Å². The molecular formula is C27H17N5. The van der Waals surface area contributed by atoms with Gasteiger partial charge in [-0.2, -0.15) is 0 Å². The van der Waals surface area contributed by atoms with Crippen LogP contribution in [0, 0.1) is 0 Å². The molecule has 0 saturated heterocycles. The number of benzene rings is 2. The number of rotatable bonds is 2. The third-order valence-corrected chi connectivity index (χ3v) is 6.19. The zero-order valence-electron chi connectivity index (χ0n) is 17.1. The highest BCUT2D eigenvalue weighted by Gasteiger charge is 2.15. The van der Waals surface area contributed by atoms with Gasteiger partial charge in [-0.25, -0.2) is 0 Å². The van der Waals surface area contributed by atoms with Gasteiger partial charge in [0.15, 0.2) is 0 Å². The Hall–Kier alpha value is -4.51. The van der Waals surface area contributed by atoms with E-state index < -0.39 is 0 Å². The predicted molar refractivity (Wildman–Crippen MR) is 129 cm³/mol. The maximum absolute atomic E-state index is 4.40. The van der Waals surface area contributed by atoms with E-state index in [2.05, 4.69) is 90.8 Å². The lowest BCUT2D eigenvalue weighted by atomic mass is 10.2. The molecule has 0 aliphatic rings. The van der Waals surface area contributed by atoms with Gasteiger partial charge in [0, 0.05) is 57.7 Å². The molecule has 0 radical (unpaired) electrons. The number of hydrogen-bond acceptors (Lipinski definition) is 3. The lowest BCUT2D eigenvalue weighted by molar-refractivity contribution is 1.12. The summed E-state index contributed by atoms with van der Waals surface area (Å²) in [7, 11) is 0. The first-order valence-electron chi connectivity index (χ1n) is 10.5. The van der Waals surface area contributed by atoms with Gasteiger partial charge < -0.3 is 9.13 Å². The zero-order chi connectivity index (χ0) is 21.1. The Labute approximate surface area is 183 Å². The van der Waals surface area contributed by atoms with Crippen LogP contribution in [0.3, 0.4) is 0 Å². The van der Waals surface area contributed by atoms with Gasteiger partial charge in [-0.1, -0.05) is 24.3 Å². The van der Waals surface area contributed by atoms with Gasteiger partial charge in [-0.15, -0.1) is 0 Å². The summed E-state index contributed by atoms with van der Waals surface area (Å²) >= 11 is 0. The normalized spacial score (nSPS) is 11.8. The van der Waals surface area contributed by atoms with Crippen molar-refractivity contribution in [1.82, 2.24) is 24.1 Å². The molecule has 0 aliphatic heterocycles. The van der Waals surface area contributed by atoms with Crippen LogP contribution in [0.1, 0.15) is 0 Å². The Bertz CT molecular complexity index is 1560. The van der Waals surface area contributed by atoms with Crippen molar-refractivity contribution in [3.8, 4) is 11.4 Å². The average Bonchev–Trinajstić information content (AvgIpc) is 3.37. The Morgan fingerprint density at radius 2 is 1.00 bits per heavy atom. The molecule has 0 aliphatic carbocycles. The van der Waals surface area contributed by atoms with Gasteiger partial charge in [0.25, 0.3) is 0 Å². The Balaban J connectivity index is 1.55. The molecule has 0 unspecified atom stereocenters. The van der Waals surface area contributed by atoms with Crippen LogP contribution < -0.4 is 0 Å². The molecule has 5 aromatic heterocycles. The fourth-order valence-corrected chi connectivity index (χ4v) is 4.86. The minimum Gasteiger partial charge on any atom is -0.309 e. The van der Waals surface area contributed by atoms with Gasteiger partial charge in [0.05, 0.1) is 34.5 Å². The number of nitrogens with zero attached hydrogens (tertiary/aromatic N) is 5. The van der Waals surface area contributed by atoms with Crippen LogP contribution >= 0.6 is 0 Å². The summed E-state index contributed by atoms with van der Waals surface area (Å²) in [5.74, 6) is 0. The SMILES string of the molecule is c1cc(-n2c3ccccc3c3cnccc32)cc(-n2c3cnccc3c3ccncc32)c1. The van der Waals surface area contributed by atoms with Crippen molar-refractivity contribution >= 4 is 43.6 Å². The lowest BCUT2D eigenvalue weighted by Gasteiger charge is -2.12. The summed E-state index contributed by atoms with van der Waals surface area (Å²) in [6.45, 7) is 0. The van der Waals surface area contributed by atoms with Crippen molar-refractivity contribution in [3.63, 3.8) is 0 Å². The summed E-state index contributed by atoms with van der Waals surface area (Å²) in [6, 6.07) is 23.3. The third kappa shape index (κ3) is 2.30. The van der Waals surface area contributed by atoms with E-state index in [-0.39, 0.29) is 0 Å². The fourth-order valence-electron chi connectivity index (χ4n) is 4.86. The molecule has 0 fully saturated rings. The maximum atomic E-state index is 4.40. The molecule has 0 atom stereocenters. The molecule has 0 spiro atoms. The Kier molecular flexibility index (Phi) is 3.49. The van der Waals surface area contributed by atoms with E-state index in [0.717, 1.165) is 33.3 Å². The molecule has 0 N–H and O–H groups in total. The minimum atomic E-state index is 1.07. The van der Waals surface area contributed by atoms with E-state index in [9.17, 15) is 0 Å². The molecule has 2 aromatic carbocycles. The summed E-state index contributed by atoms with van der Waals surface area (Å²) in [5.41, 5.74) is 6.62. The van der Waals surface area contributed by atoms with Crippen LogP contribution in [0.4, 0.5) is 0 Å². The van der Waals surface area contributed by atoms with Crippen LogP contribution in [-0.4, -0.2) is 24.1 Å². The number of para-hydroxylation sites is 1. The molecule has 7 aromatic rings.